The predicted molar refractivity (Wildman–Crippen MR) is 123 cm³/mol. The van der Waals surface area contributed by atoms with Gasteiger partial charge in [-0.1, -0.05) is 32.1 Å². The van der Waals surface area contributed by atoms with Gasteiger partial charge in [-0.05, 0) is 66.8 Å². The number of hydrogen-bond acceptors (Lipinski definition) is 6. The first-order valence-corrected chi connectivity index (χ1v) is 11.0. The Morgan fingerprint density at radius 1 is 1.26 bits per heavy atom. The number of carbonyl (C=O) groups is 2. The molecule has 0 spiro atoms. The fraction of sp³-hybridized carbons (Fsp3) is 0.522. The van der Waals surface area contributed by atoms with E-state index >= 15 is 0 Å². The Hall–Kier alpha value is -3.28. The molecule has 0 saturated heterocycles. The molecule has 12 heteroatoms. The van der Waals surface area contributed by atoms with Crippen molar-refractivity contribution < 1.29 is 27.9 Å². The smallest absolute Gasteiger partial charge is 0.475 e. The van der Waals surface area contributed by atoms with Gasteiger partial charge in [0.05, 0.1) is 6.54 Å². The zero-order valence-electron chi connectivity index (χ0n) is 20.3. The van der Waals surface area contributed by atoms with Crippen LogP contribution < -0.4 is 5.73 Å². The van der Waals surface area contributed by atoms with E-state index in [0.717, 1.165) is 36.9 Å². The van der Waals surface area contributed by atoms with Crippen LogP contribution in [-0.4, -0.2) is 68.9 Å². The molecule has 1 aromatic carbocycles. The second-order valence-electron chi connectivity index (χ2n) is 9.43. The van der Waals surface area contributed by atoms with E-state index < -0.39 is 12.1 Å². The minimum Gasteiger partial charge on any atom is -0.475 e. The van der Waals surface area contributed by atoms with Gasteiger partial charge < -0.3 is 15.7 Å². The van der Waals surface area contributed by atoms with Gasteiger partial charge in [-0.3, -0.25) is 4.79 Å². The van der Waals surface area contributed by atoms with Crippen molar-refractivity contribution in [2.75, 3.05) is 20.6 Å². The molecule has 0 aliphatic heterocycles. The first-order valence-electron chi connectivity index (χ1n) is 11.0. The summed E-state index contributed by atoms with van der Waals surface area (Å²) in [5, 5.41) is 19.9. The number of tetrazole rings is 1. The Morgan fingerprint density at radius 3 is 2.43 bits per heavy atom. The average Bonchev–Trinajstić information content (AvgIpc) is 3.19. The quantitative estimate of drug-likeness (QED) is 0.603. The van der Waals surface area contributed by atoms with Crippen molar-refractivity contribution in [3.63, 3.8) is 0 Å². The normalized spacial score (nSPS) is 15.3. The molecule has 9 nitrogen and oxygen atoms in total. The number of likely N-dealkylation sites (N-methyl/N-ethyl adjacent to an activating group) is 1. The minimum atomic E-state index is -5.08. The van der Waals surface area contributed by atoms with Gasteiger partial charge in [0, 0.05) is 18.5 Å². The number of amides is 1. The van der Waals surface area contributed by atoms with Crippen molar-refractivity contribution in [1.82, 2.24) is 25.1 Å². The molecule has 0 bridgehead atoms. The highest BCUT2D eigenvalue weighted by Gasteiger charge is 2.38. The molecule has 1 aliphatic carbocycles. The number of carboxylic acid groups (broad SMARTS) is 1. The number of aromatic nitrogens is 4. The SMILES string of the molecule is CN(C)CCn1nnc(Cc2ccc(C(N)=O)c(C3=CCC(C)(C)CC3)c2)n1.O=C(O)C(F)(F)F. The van der Waals surface area contributed by atoms with Crippen LogP contribution >= 0.6 is 0 Å². The van der Waals surface area contributed by atoms with E-state index in [-0.39, 0.29) is 5.91 Å². The molecule has 2 aromatic rings. The zero-order chi connectivity index (χ0) is 26.4. The number of rotatable bonds is 7. The van der Waals surface area contributed by atoms with E-state index in [9.17, 15) is 18.0 Å². The summed E-state index contributed by atoms with van der Waals surface area (Å²) in [6.07, 6.45) is 0.808. The Labute approximate surface area is 201 Å². The maximum absolute atomic E-state index is 11.9. The van der Waals surface area contributed by atoms with Gasteiger partial charge in [-0.15, -0.1) is 10.2 Å². The van der Waals surface area contributed by atoms with E-state index in [1.165, 1.54) is 5.57 Å². The van der Waals surface area contributed by atoms with E-state index in [1.807, 2.05) is 26.2 Å². The molecule has 192 valence electrons. The molecule has 1 aromatic heterocycles. The minimum absolute atomic E-state index is 0.309. The topological polar surface area (TPSA) is 127 Å². The van der Waals surface area contributed by atoms with E-state index in [2.05, 4.69) is 46.3 Å². The van der Waals surface area contributed by atoms with Crippen LogP contribution in [0, 0.1) is 5.41 Å². The van der Waals surface area contributed by atoms with Crippen LogP contribution in [0.15, 0.2) is 24.3 Å². The summed E-state index contributed by atoms with van der Waals surface area (Å²) in [6.45, 7) is 6.11. The van der Waals surface area contributed by atoms with Crippen LogP contribution in [0.2, 0.25) is 0 Å². The number of nitrogens with two attached hydrogens (primary N) is 1. The van der Waals surface area contributed by atoms with Crippen molar-refractivity contribution in [2.24, 2.45) is 11.1 Å². The number of hydrogen-bond donors (Lipinski definition) is 2. The fourth-order valence-electron chi connectivity index (χ4n) is 3.42. The molecule has 0 unspecified atom stereocenters. The summed E-state index contributed by atoms with van der Waals surface area (Å²) >= 11 is 0. The number of alkyl halides is 3. The number of nitrogens with zero attached hydrogens (tertiary/aromatic N) is 5. The van der Waals surface area contributed by atoms with Gasteiger partial charge in [0.25, 0.3) is 0 Å². The predicted octanol–water partition coefficient (Wildman–Crippen LogP) is 3.15. The van der Waals surface area contributed by atoms with Crippen LogP contribution in [0.4, 0.5) is 13.2 Å². The lowest BCUT2D eigenvalue weighted by Gasteiger charge is -2.29. The Kier molecular flexibility index (Phi) is 9.13. The summed E-state index contributed by atoms with van der Waals surface area (Å²) in [5.41, 5.74) is 9.72. The first kappa shape index (κ1) is 28.0. The second kappa shape index (κ2) is 11.4. The number of halogens is 3. The van der Waals surface area contributed by atoms with Crippen molar-refractivity contribution >= 4 is 17.4 Å². The lowest BCUT2D eigenvalue weighted by Crippen LogP contribution is -2.21. The fourth-order valence-corrected chi connectivity index (χ4v) is 3.42. The van der Waals surface area contributed by atoms with Crippen LogP contribution in [0.5, 0.6) is 0 Å². The Bertz CT molecular complexity index is 1080. The third-order valence-corrected chi connectivity index (χ3v) is 5.51. The summed E-state index contributed by atoms with van der Waals surface area (Å²) in [5.74, 6) is -2.47. The molecule has 0 atom stereocenters. The largest absolute Gasteiger partial charge is 0.490 e. The third kappa shape index (κ3) is 8.78. The van der Waals surface area contributed by atoms with Crippen molar-refractivity contribution in [3.8, 4) is 0 Å². The molecule has 3 N–H and O–H groups in total. The molecule has 35 heavy (non-hydrogen) atoms. The first-order chi connectivity index (χ1) is 16.2. The number of primary amides is 1. The van der Waals surface area contributed by atoms with Crippen LogP contribution in [0.1, 0.15) is 60.4 Å². The highest BCUT2D eigenvalue weighted by atomic mass is 19.4. The zero-order valence-corrected chi connectivity index (χ0v) is 20.3. The van der Waals surface area contributed by atoms with Crippen LogP contribution in [0.25, 0.3) is 5.57 Å². The molecule has 1 amide bonds. The van der Waals surface area contributed by atoms with Crippen molar-refractivity contribution in [3.05, 3.63) is 46.8 Å². The Balaban J connectivity index is 0.000000540. The number of carbonyl (C=O) groups excluding carboxylic acids is 1. The standard InChI is InChI=1S/C21H30N6O.C2HF3O2/c1-21(2)9-7-16(8-10-21)18-13-15(5-6-17(18)20(22)28)14-19-23-25-27(24-19)12-11-26(3)4;3-2(4,5)1(6)7/h5-7,13H,8-12,14H2,1-4H3,(H2,22,28);(H,6,7). The van der Waals surface area contributed by atoms with Gasteiger partial charge in [-0.25, -0.2) is 4.79 Å². The highest BCUT2D eigenvalue weighted by molar-refractivity contribution is 5.98. The lowest BCUT2D eigenvalue weighted by molar-refractivity contribution is -0.192. The molecule has 3 rings (SSSR count). The molecule has 0 fully saturated rings. The Morgan fingerprint density at radius 2 is 1.91 bits per heavy atom. The second-order valence-corrected chi connectivity index (χ2v) is 9.43. The lowest BCUT2D eigenvalue weighted by atomic mass is 9.76. The monoisotopic (exact) mass is 496 g/mol. The summed E-state index contributed by atoms with van der Waals surface area (Å²) in [4.78, 5) is 24.5. The van der Waals surface area contributed by atoms with Crippen molar-refractivity contribution in [2.45, 2.75) is 52.3 Å². The van der Waals surface area contributed by atoms with E-state index in [0.29, 0.717) is 29.8 Å². The molecular formula is C23H31F3N6O3. The summed E-state index contributed by atoms with van der Waals surface area (Å²) < 4.78 is 31.7. The van der Waals surface area contributed by atoms with E-state index in [1.54, 1.807) is 4.80 Å². The molecule has 1 aliphatic rings. The molecule has 0 radical (unpaired) electrons. The van der Waals surface area contributed by atoms with Crippen LogP contribution in [0.3, 0.4) is 0 Å². The van der Waals surface area contributed by atoms with Gasteiger partial charge in [-0.2, -0.15) is 18.0 Å². The van der Waals surface area contributed by atoms with E-state index in [4.69, 9.17) is 15.6 Å². The maximum atomic E-state index is 11.9. The number of aliphatic carboxylic acids is 1. The average molecular weight is 497 g/mol. The molecule has 0 saturated carbocycles. The maximum Gasteiger partial charge on any atom is 0.490 e. The van der Waals surface area contributed by atoms with Gasteiger partial charge >= 0.3 is 12.1 Å². The summed E-state index contributed by atoms with van der Waals surface area (Å²) in [7, 11) is 4.03. The van der Waals surface area contributed by atoms with Crippen LogP contribution in [-0.2, 0) is 17.8 Å². The molecular weight excluding hydrogens is 465 g/mol. The summed E-state index contributed by atoms with van der Waals surface area (Å²) in [6, 6.07) is 5.81. The number of allylic oxidation sites excluding steroid dienone is 2. The van der Waals surface area contributed by atoms with Gasteiger partial charge in [0.1, 0.15) is 0 Å². The number of benzene rings is 1. The van der Waals surface area contributed by atoms with Crippen molar-refractivity contribution in [1.29, 1.82) is 0 Å². The van der Waals surface area contributed by atoms with Gasteiger partial charge in [0.15, 0.2) is 5.82 Å². The van der Waals surface area contributed by atoms with Gasteiger partial charge in [0.2, 0.25) is 5.91 Å². The highest BCUT2D eigenvalue weighted by Crippen LogP contribution is 2.39. The third-order valence-electron chi connectivity index (χ3n) is 5.51. The number of carboxylic acids is 1. The molecule has 1 heterocycles.